The Bertz CT molecular complexity index is 502. The lowest BCUT2D eigenvalue weighted by molar-refractivity contribution is -0.140. The van der Waals surface area contributed by atoms with Gasteiger partial charge in [0.25, 0.3) is 0 Å². The van der Waals surface area contributed by atoms with Gasteiger partial charge in [0.2, 0.25) is 0 Å². The predicted molar refractivity (Wildman–Crippen MR) is 77.3 cm³/mol. The van der Waals surface area contributed by atoms with Gasteiger partial charge >= 0.3 is 5.97 Å². The highest BCUT2D eigenvalue weighted by Crippen LogP contribution is 2.12. The molecular weight excluding hydrogens is 264 g/mol. The molecule has 1 aromatic carbocycles. The van der Waals surface area contributed by atoms with E-state index in [1.165, 1.54) is 6.92 Å². The van der Waals surface area contributed by atoms with E-state index in [2.05, 4.69) is 10.6 Å². The van der Waals surface area contributed by atoms with Crippen LogP contribution in [0.3, 0.4) is 0 Å². The fourth-order valence-electron chi connectivity index (χ4n) is 1.52. The van der Waals surface area contributed by atoms with Gasteiger partial charge in [0, 0.05) is 12.1 Å². The molecule has 3 N–H and O–H groups in total. The number of carboxylic acid groups (broad SMARTS) is 1. The molecule has 0 aromatic heterocycles. The number of hydrogen-bond donors (Lipinski definition) is 3. The molecule has 0 aliphatic heterocycles. The van der Waals surface area contributed by atoms with Crippen LogP contribution in [0.5, 0.6) is 0 Å². The van der Waals surface area contributed by atoms with Crippen LogP contribution in [0, 0.1) is 6.92 Å². The number of para-hydroxylation sites is 1. The first-order chi connectivity index (χ1) is 8.90. The van der Waals surface area contributed by atoms with Crippen molar-refractivity contribution in [3.05, 3.63) is 29.8 Å². The molecule has 102 valence electrons. The largest absolute Gasteiger partial charge is 0.480 e. The number of Topliss-reactive ketones (excluding diaryl/α,β-unsaturated/α-hetero) is 1. The second-order valence-electron chi connectivity index (χ2n) is 4.21. The smallest absolute Gasteiger partial charge is 0.326 e. The third-order valence-electron chi connectivity index (χ3n) is 2.49. The molecule has 0 bridgehead atoms. The van der Waals surface area contributed by atoms with Crippen LogP contribution in [-0.4, -0.2) is 28.0 Å². The van der Waals surface area contributed by atoms with Crippen molar-refractivity contribution in [2.24, 2.45) is 0 Å². The van der Waals surface area contributed by atoms with Crippen LogP contribution < -0.4 is 10.6 Å². The van der Waals surface area contributed by atoms with Crippen LogP contribution in [0.25, 0.3) is 0 Å². The molecule has 0 fully saturated rings. The lowest BCUT2D eigenvalue weighted by Crippen LogP contribution is -2.43. The van der Waals surface area contributed by atoms with E-state index in [0.29, 0.717) is 0 Å². The third kappa shape index (κ3) is 5.05. The zero-order valence-corrected chi connectivity index (χ0v) is 11.6. The molecule has 1 aromatic rings. The second-order valence-corrected chi connectivity index (χ2v) is 4.62. The molecule has 1 rings (SSSR count). The van der Waals surface area contributed by atoms with E-state index >= 15 is 0 Å². The number of thiocarbonyl (C=S) groups is 1. The highest BCUT2D eigenvalue weighted by Gasteiger charge is 2.20. The van der Waals surface area contributed by atoms with Crippen molar-refractivity contribution in [1.29, 1.82) is 0 Å². The van der Waals surface area contributed by atoms with Crippen LogP contribution in [0.4, 0.5) is 5.69 Å². The number of hydrogen-bond acceptors (Lipinski definition) is 3. The maximum absolute atomic E-state index is 11.0. The standard InChI is InChI=1S/C13H16N2O3S/c1-8-5-3-4-6-10(8)14-13(19)15-11(12(17)18)7-9(2)16/h3-6,11H,7H2,1-2H3,(H,17,18)(H2,14,15,19). The van der Waals surface area contributed by atoms with Gasteiger partial charge in [-0.3, -0.25) is 4.79 Å². The number of benzene rings is 1. The number of carbonyl (C=O) groups excluding carboxylic acids is 1. The van der Waals surface area contributed by atoms with Crippen LogP contribution in [-0.2, 0) is 9.59 Å². The molecule has 1 unspecified atom stereocenters. The molecule has 0 heterocycles. The van der Waals surface area contributed by atoms with Crippen molar-refractivity contribution in [1.82, 2.24) is 5.32 Å². The maximum atomic E-state index is 11.0. The van der Waals surface area contributed by atoms with E-state index in [1.54, 1.807) is 0 Å². The van der Waals surface area contributed by atoms with Gasteiger partial charge in [0.1, 0.15) is 11.8 Å². The van der Waals surface area contributed by atoms with E-state index in [9.17, 15) is 9.59 Å². The van der Waals surface area contributed by atoms with Gasteiger partial charge in [-0.1, -0.05) is 18.2 Å². The first-order valence-electron chi connectivity index (χ1n) is 5.75. The van der Waals surface area contributed by atoms with Gasteiger partial charge in [0.05, 0.1) is 0 Å². The minimum absolute atomic E-state index is 0.106. The van der Waals surface area contributed by atoms with E-state index in [0.717, 1.165) is 11.3 Å². The Morgan fingerprint density at radius 1 is 1.37 bits per heavy atom. The summed E-state index contributed by atoms with van der Waals surface area (Å²) in [4.78, 5) is 22.0. The summed E-state index contributed by atoms with van der Waals surface area (Å²) in [6, 6.07) is 6.48. The first-order valence-corrected chi connectivity index (χ1v) is 6.16. The van der Waals surface area contributed by atoms with Crippen molar-refractivity contribution in [2.75, 3.05) is 5.32 Å². The molecule has 0 spiro atoms. The van der Waals surface area contributed by atoms with Gasteiger partial charge in [-0.15, -0.1) is 0 Å². The molecule has 0 aliphatic rings. The van der Waals surface area contributed by atoms with Gasteiger partial charge in [-0.25, -0.2) is 4.79 Å². The number of carboxylic acids is 1. The molecule has 0 radical (unpaired) electrons. The average Bonchev–Trinajstić information content (AvgIpc) is 2.30. The minimum atomic E-state index is -1.11. The Hall–Kier alpha value is -1.95. The van der Waals surface area contributed by atoms with E-state index in [-0.39, 0.29) is 17.3 Å². The minimum Gasteiger partial charge on any atom is -0.480 e. The normalized spacial score (nSPS) is 11.5. The highest BCUT2D eigenvalue weighted by atomic mass is 32.1. The molecule has 0 saturated carbocycles. The fraction of sp³-hybridized carbons (Fsp3) is 0.308. The zero-order valence-electron chi connectivity index (χ0n) is 10.8. The van der Waals surface area contributed by atoms with E-state index in [1.807, 2.05) is 31.2 Å². The summed E-state index contributed by atoms with van der Waals surface area (Å²) in [6.07, 6.45) is -0.106. The number of carbonyl (C=O) groups is 2. The van der Waals surface area contributed by atoms with Crippen LogP contribution in [0.1, 0.15) is 18.9 Å². The summed E-state index contributed by atoms with van der Waals surface area (Å²) in [6.45, 7) is 3.25. The van der Waals surface area contributed by atoms with Crippen LogP contribution in [0.2, 0.25) is 0 Å². The summed E-state index contributed by atoms with van der Waals surface area (Å²) in [5.74, 6) is -1.32. The Morgan fingerprint density at radius 3 is 2.53 bits per heavy atom. The number of ketones is 1. The summed E-state index contributed by atoms with van der Waals surface area (Å²) < 4.78 is 0. The summed E-state index contributed by atoms with van der Waals surface area (Å²) in [7, 11) is 0. The van der Waals surface area contributed by atoms with Crippen LogP contribution in [0.15, 0.2) is 24.3 Å². The molecule has 0 saturated heterocycles. The molecule has 0 aliphatic carbocycles. The summed E-state index contributed by atoms with van der Waals surface area (Å²) >= 11 is 5.05. The van der Waals surface area contributed by atoms with Gasteiger partial charge < -0.3 is 15.7 Å². The highest BCUT2D eigenvalue weighted by molar-refractivity contribution is 7.80. The molecule has 19 heavy (non-hydrogen) atoms. The van der Waals surface area contributed by atoms with Crippen molar-refractivity contribution >= 4 is 34.8 Å². The lowest BCUT2D eigenvalue weighted by atomic mass is 10.1. The topological polar surface area (TPSA) is 78.4 Å². The number of anilines is 1. The SMILES string of the molecule is CC(=O)CC(NC(=S)Nc1ccccc1C)C(=O)O. The Labute approximate surface area is 117 Å². The monoisotopic (exact) mass is 280 g/mol. The quantitative estimate of drug-likeness (QED) is 0.713. The van der Waals surface area contributed by atoms with Crippen molar-refractivity contribution in [3.63, 3.8) is 0 Å². The van der Waals surface area contributed by atoms with Crippen LogP contribution >= 0.6 is 12.2 Å². The Kier molecular flexibility index (Phi) is 5.44. The van der Waals surface area contributed by atoms with E-state index < -0.39 is 12.0 Å². The van der Waals surface area contributed by atoms with Gasteiger partial charge in [-0.2, -0.15) is 0 Å². The zero-order chi connectivity index (χ0) is 14.4. The molecule has 6 heteroatoms. The van der Waals surface area contributed by atoms with E-state index in [4.69, 9.17) is 17.3 Å². The van der Waals surface area contributed by atoms with Gasteiger partial charge in [0.15, 0.2) is 5.11 Å². The van der Waals surface area contributed by atoms with Crippen molar-refractivity contribution < 1.29 is 14.7 Å². The third-order valence-corrected chi connectivity index (χ3v) is 2.71. The number of nitrogens with one attached hydrogen (secondary N) is 2. The van der Waals surface area contributed by atoms with Crippen molar-refractivity contribution in [2.45, 2.75) is 26.3 Å². The summed E-state index contributed by atoms with van der Waals surface area (Å²) in [5, 5.41) is 14.7. The number of aliphatic carboxylic acids is 1. The lowest BCUT2D eigenvalue weighted by Gasteiger charge is -2.17. The Balaban J connectivity index is 2.65. The number of aryl methyl sites for hydroxylation is 1. The number of rotatable bonds is 5. The van der Waals surface area contributed by atoms with Crippen molar-refractivity contribution in [3.8, 4) is 0 Å². The second kappa shape index (κ2) is 6.84. The Morgan fingerprint density at radius 2 is 2.00 bits per heavy atom. The van der Waals surface area contributed by atoms with Gasteiger partial charge in [-0.05, 0) is 37.7 Å². The molecular formula is C13H16N2O3S. The maximum Gasteiger partial charge on any atom is 0.326 e. The average molecular weight is 280 g/mol. The summed E-state index contributed by atoms with van der Waals surface area (Å²) in [5.41, 5.74) is 1.79. The fourth-order valence-corrected chi connectivity index (χ4v) is 1.77. The first kappa shape index (κ1) is 15.1. The predicted octanol–water partition coefficient (Wildman–Crippen LogP) is 1.71. The molecule has 1 atom stereocenters. The molecule has 0 amide bonds. The molecule has 5 nitrogen and oxygen atoms in total.